The topological polar surface area (TPSA) is 66.6 Å². The summed E-state index contributed by atoms with van der Waals surface area (Å²) in [5.74, 6) is 0. The maximum absolute atomic E-state index is 11.6. The molecule has 0 aromatic carbocycles. The predicted molar refractivity (Wildman–Crippen MR) is 91.0 cm³/mol. The Hall–Kier alpha value is 0.01000. The minimum absolute atomic E-state index is 0.0559. The molecule has 0 saturated carbocycles. The van der Waals surface area contributed by atoms with E-state index in [0.717, 1.165) is 24.0 Å². The Balaban J connectivity index is 2.13. The van der Waals surface area contributed by atoms with E-state index in [9.17, 15) is 8.42 Å². The van der Waals surface area contributed by atoms with E-state index in [2.05, 4.69) is 39.2 Å². The van der Waals surface area contributed by atoms with Gasteiger partial charge in [-0.1, -0.05) is 6.92 Å². The van der Waals surface area contributed by atoms with Crippen molar-refractivity contribution < 1.29 is 8.42 Å². The van der Waals surface area contributed by atoms with Crippen LogP contribution in [0.3, 0.4) is 0 Å². The third kappa shape index (κ3) is 4.27. The molecule has 0 spiro atoms. The molecule has 21 heavy (non-hydrogen) atoms. The Bertz CT molecular complexity index is 568. The number of nitrogens with two attached hydrogens (primary N) is 1. The Labute approximate surface area is 139 Å². The third-order valence-electron chi connectivity index (χ3n) is 3.89. The van der Waals surface area contributed by atoms with Crippen LogP contribution in [0.4, 0.5) is 0 Å². The van der Waals surface area contributed by atoms with Crippen molar-refractivity contribution in [3.05, 3.63) is 20.8 Å². The first-order chi connectivity index (χ1) is 9.82. The van der Waals surface area contributed by atoms with Crippen LogP contribution in [0.2, 0.25) is 0 Å². The van der Waals surface area contributed by atoms with Crippen LogP contribution < -0.4 is 5.73 Å². The van der Waals surface area contributed by atoms with Crippen LogP contribution in [0.5, 0.6) is 0 Å². The van der Waals surface area contributed by atoms with Gasteiger partial charge in [0.05, 0.1) is 12.3 Å². The summed E-state index contributed by atoms with van der Waals surface area (Å²) in [5.41, 5.74) is 6.33. The summed E-state index contributed by atoms with van der Waals surface area (Å²) < 4.78 is 25.8. The summed E-state index contributed by atoms with van der Waals surface area (Å²) in [6, 6.07) is 2.33. The highest BCUT2D eigenvalue weighted by Crippen LogP contribution is 2.33. The molecule has 0 amide bonds. The van der Waals surface area contributed by atoms with Crippen molar-refractivity contribution in [1.29, 1.82) is 0 Å². The van der Waals surface area contributed by atoms with Crippen LogP contribution >= 0.6 is 27.3 Å². The standard InChI is InChI=1S/C13H22BrN3O2S2/c1-3-11(15)13(12-8-10(14)9-20-12)16-4-6-17(7-5-16)21(2,18)19/h8-9,11,13H,3-7,15H2,1-2H3. The molecule has 0 bridgehead atoms. The second-order valence-corrected chi connectivity index (χ2v) is 9.22. The second kappa shape index (κ2) is 7.06. The summed E-state index contributed by atoms with van der Waals surface area (Å²) in [7, 11) is -3.09. The maximum Gasteiger partial charge on any atom is 0.211 e. The van der Waals surface area contributed by atoms with Crippen molar-refractivity contribution in [2.45, 2.75) is 25.4 Å². The minimum atomic E-state index is -3.09. The van der Waals surface area contributed by atoms with Crippen LogP contribution in [0.25, 0.3) is 0 Å². The minimum Gasteiger partial charge on any atom is -0.326 e. The van der Waals surface area contributed by atoms with Crippen molar-refractivity contribution >= 4 is 37.3 Å². The van der Waals surface area contributed by atoms with Crippen LogP contribution in [0, 0.1) is 0 Å². The lowest BCUT2D eigenvalue weighted by Gasteiger charge is -2.40. The Morgan fingerprint density at radius 1 is 1.38 bits per heavy atom. The smallest absolute Gasteiger partial charge is 0.211 e. The number of thiophene rings is 1. The van der Waals surface area contributed by atoms with Gasteiger partial charge in [-0.3, -0.25) is 4.90 Å². The van der Waals surface area contributed by atoms with Gasteiger partial charge in [0.2, 0.25) is 10.0 Å². The predicted octanol–water partition coefficient (Wildman–Crippen LogP) is 1.87. The molecule has 1 aromatic heterocycles. The first kappa shape index (κ1) is 17.4. The number of rotatable bonds is 5. The number of hydrogen-bond acceptors (Lipinski definition) is 5. The zero-order valence-electron chi connectivity index (χ0n) is 12.3. The highest BCUT2D eigenvalue weighted by Gasteiger charge is 2.31. The lowest BCUT2D eigenvalue weighted by molar-refractivity contribution is 0.121. The zero-order valence-corrected chi connectivity index (χ0v) is 15.5. The van der Waals surface area contributed by atoms with E-state index >= 15 is 0 Å². The normalized spacial score (nSPS) is 21.3. The molecule has 8 heteroatoms. The monoisotopic (exact) mass is 395 g/mol. The fourth-order valence-corrected chi connectivity index (χ4v) is 5.16. The van der Waals surface area contributed by atoms with Gasteiger partial charge in [-0.2, -0.15) is 4.31 Å². The summed E-state index contributed by atoms with van der Waals surface area (Å²) in [4.78, 5) is 3.55. The van der Waals surface area contributed by atoms with Crippen molar-refractivity contribution in [1.82, 2.24) is 9.21 Å². The van der Waals surface area contributed by atoms with Crippen LogP contribution in [-0.2, 0) is 10.0 Å². The largest absolute Gasteiger partial charge is 0.326 e. The summed E-state index contributed by atoms with van der Waals surface area (Å²) >= 11 is 5.20. The fourth-order valence-electron chi connectivity index (χ4n) is 2.68. The van der Waals surface area contributed by atoms with Gasteiger partial charge < -0.3 is 5.73 Å². The summed E-state index contributed by atoms with van der Waals surface area (Å²) in [5, 5.41) is 2.07. The number of hydrogen-bond donors (Lipinski definition) is 1. The average Bonchev–Trinajstić information content (AvgIpc) is 2.84. The molecule has 2 atom stereocenters. The lowest BCUT2D eigenvalue weighted by Crippen LogP contribution is -2.52. The first-order valence-electron chi connectivity index (χ1n) is 7.01. The molecule has 2 heterocycles. The molecule has 2 unspecified atom stereocenters. The highest BCUT2D eigenvalue weighted by atomic mass is 79.9. The van der Waals surface area contributed by atoms with Gasteiger partial charge in [-0.05, 0) is 28.4 Å². The highest BCUT2D eigenvalue weighted by molar-refractivity contribution is 9.10. The molecule has 2 N–H and O–H groups in total. The molecule has 1 saturated heterocycles. The van der Waals surface area contributed by atoms with Crippen molar-refractivity contribution in [2.24, 2.45) is 5.73 Å². The Kier molecular flexibility index (Phi) is 5.84. The maximum atomic E-state index is 11.6. The summed E-state index contributed by atoms with van der Waals surface area (Å²) in [6.45, 7) is 4.62. The number of piperazine rings is 1. The van der Waals surface area contributed by atoms with Gasteiger partial charge in [0.25, 0.3) is 0 Å². The van der Waals surface area contributed by atoms with E-state index in [0.29, 0.717) is 13.1 Å². The number of nitrogens with zero attached hydrogens (tertiary/aromatic N) is 2. The fraction of sp³-hybridized carbons (Fsp3) is 0.692. The van der Waals surface area contributed by atoms with Gasteiger partial charge in [0.1, 0.15) is 0 Å². The van der Waals surface area contributed by atoms with E-state index in [1.165, 1.54) is 11.1 Å². The van der Waals surface area contributed by atoms with Crippen LogP contribution in [0.1, 0.15) is 24.3 Å². The molecule has 2 rings (SSSR count). The van der Waals surface area contributed by atoms with Gasteiger partial charge in [0, 0.05) is 47.0 Å². The van der Waals surface area contributed by atoms with Crippen LogP contribution in [-0.4, -0.2) is 56.1 Å². The SMILES string of the molecule is CCC(N)C(c1cc(Br)cs1)N1CCN(S(C)(=O)=O)CC1. The average molecular weight is 396 g/mol. The van der Waals surface area contributed by atoms with E-state index in [4.69, 9.17) is 5.73 Å². The first-order valence-corrected chi connectivity index (χ1v) is 10.5. The van der Waals surface area contributed by atoms with E-state index < -0.39 is 10.0 Å². The quantitative estimate of drug-likeness (QED) is 0.825. The van der Waals surface area contributed by atoms with Crippen molar-refractivity contribution in [3.8, 4) is 0 Å². The van der Waals surface area contributed by atoms with Gasteiger partial charge in [-0.15, -0.1) is 11.3 Å². The molecule has 120 valence electrons. The molecule has 1 aliphatic heterocycles. The Morgan fingerprint density at radius 3 is 2.43 bits per heavy atom. The molecular formula is C13H22BrN3O2S2. The third-order valence-corrected chi connectivity index (χ3v) is 6.96. The molecule has 1 aliphatic rings. The number of sulfonamides is 1. The van der Waals surface area contributed by atoms with E-state index in [1.807, 2.05) is 0 Å². The van der Waals surface area contributed by atoms with Gasteiger partial charge in [0.15, 0.2) is 0 Å². The molecule has 1 aromatic rings. The molecule has 5 nitrogen and oxygen atoms in total. The van der Waals surface area contributed by atoms with Gasteiger partial charge >= 0.3 is 0 Å². The molecule has 1 fully saturated rings. The Morgan fingerprint density at radius 2 is 2.00 bits per heavy atom. The van der Waals surface area contributed by atoms with Crippen molar-refractivity contribution in [3.63, 3.8) is 0 Å². The van der Waals surface area contributed by atoms with E-state index in [-0.39, 0.29) is 12.1 Å². The van der Waals surface area contributed by atoms with Gasteiger partial charge in [-0.25, -0.2) is 8.42 Å². The van der Waals surface area contributed by atoms with Crippen LogP contribution in [0.15, 0.2) is 15.9 Å². The summed E-state index contributed by atoms with van der Waals surface area (Å²) in [6.07, 6.45) is 2.17. The zero-order chi connectivity index (χ0) is 15.6. The molecular weight excluding hydrogens is 374 g/mol. The number of halogens is 1. The van der Waals surface area contributed by atoms with Crippen molar-refractivity contribution in [2.75, 3.05) is 32.4 Å². The molecule has 0 aliphatic carbocycles. The second-order valence-electron chi connectivity index (χ2n) is 5.38. The molecule has 0 radical (unpaired) electrons. The van der Waals surface area contributed by atoms with E-state index in [1.54, 1.807) is 15.6 Å². The lowest BCUT2D eigenvalue weighted by atomic mass is 10.0.